The van der Waals surface area contributed by atoms with Crippen molar-refractivity contribution in [1.82, 2.24) is 0 Å². The molecule has 5 nitrogen and oxygen atoms in total. The summed E-state index contributed by atoms with van der Waals surface area (Å²) in [6, 6.07) is 5.43. The van der Waals surface area contributed by atoms with Gasteiger partial charge in [0.1, 0.15) is 12.6 Å². The van der Waals surface area contributed by atoms with Crippen molar-refractivity contribution in [2.45, 2.75) is 39.2 Å². The minimum atomic E-state index is -0.999. The molecule has 1 rings (SSSR count). The molecule has 0 heterocycles. The topological polar surface area (TPSA) is 89.6 Å². The van der Waals surface area contributed by atoms with E-state index in [0.29, 0.717) is 12.8 Å². The Kier molecular flexibility index (Phi) is 6.18. The molecule has 20 heavy (non-hydrogen) atoms. The van der Waals surface area contributed by atoms with Crippen LogP contribution >= 0.6 is 0 Å². The summed E-state index contributed by atoms with van der Waals surface area (Å²) >= 11 is 0. The minimum absolute atomic E-state index is 0.133. The van der Waals surface area contributed by atoms with Crippen molar-refractivity contribution < 1.29 is 19.4 Å². The molecule has 0 bridgehead atoms. The summed E-state index contributed by atoms with van der Waals surface area (Å²) in [6.45, 7) is 3.95. The lowest BCUT2D eigenvalue weighted by Crippen LogP contribution is -2.33. The lowest BCUT2D eigenvalue weighted by molar-refractivity contribution is -0.147. The van der Waals surface area contributed by atoms with E-state index >= 15 is 0 Å². The van der Waals surface area contributed by atoms with Crippen molar-refractivity contribution in [2.24, 2.45) is 5.73 Å². The van der Waals surface area contributed by atoms with E-state index in [1.54, 1.807) is 0 Å². The van der Waals surface area contributed by atoms with Gasteiger partial charge in [-0.3, -0.25) is 9.59 Å². The highest BCUT2D eigenvalue weighted by Gasteiger charge is 2.15. The highest BCUT2D eigenvalue weighted by Crippen LogP contribution is 2.12. The zero-order chi connectivity index (χ0) is 15.1. The first-order chi connectivity index (χ1) is 9.40. The maximum Gasteiger partial charge on any atom is 0.322 e. The van der Waals surface area contributed by atoms with Crippen LogP contribution in [0.4, 0.5) is 0 Å². The number of esters is 1. The van der Waals surface area contributed by atoms with E-state index < -0.39 is 18.0 Å². The van der Waals surface area contributed by atoms with Crippen LogP contribution in [0.3, 0.4) is 0 Å². The number of carbonyl (C=O) groups is 2. The van der Waals surface area contributed by atoms with Crippen molar-refractivity contribution in [1.29, 1.82) is 0 Å². The second-order valence-corrected chi connectivity index (χ2v) is 4.88. The first kappa shape index (κ1) is 16.2. The van der Waals surface area contributed by atoms with Gasteiger partial charge in [0, 0.05) is 0 Å². The molecule has 3 N–H and O–H groups in total. The summed E-state index contributed by atoms with van der Waals surface area (Å²) < 4.78 is 4.80. The van der Waals surface area contributed by atoms with Gasteiger partial charge in [0.05, 0.1) is 6.42 Å². The van der Waals surface area contributed by atoms with E-state index in [2.05, 4.69) is 6.07 Å². The Morgan fingerprint density at radius 3 is 2.60 bits per heavy atom. The average Bonchev–Trinajstić information content (AvgIpc) is 2.39. The van der Waals surface area contributed by atoms with Crippen molar-refractivity contribution in [3.8, 4) is 0 Å². The zero-order valence-corrected chi connectivity index (χ0v) is 11.9. The van der Waals surface area contributed by atoms with Gasteiger partial charge in [-0.25, -0.2) is 0 Å². The van der Waals surface area contributed by atoms with E-state index in [-0.39, 0.29) is 13.0 Å². The quantitative estimate of drug-likeness (QED) is 0.740. The van der Waals surface area contributed by atoms with Gasteiger partial charge in [-0.05, 0) is 43.4 Å². The highest BCUT2D eigenvalue weighted by atomic mass is 16.5. The molecule has 110 valence electrons. The Balaban J connectivity index is 2.38. The van der Waals surface area contributed by atoms with Gasteiger partial charge in [0.2, 0.25) is 0 Å². The number of carboxylic acid groups (broad SMARTS) is 1. The van der Waals surface area contributed by atoms with Crippen LogP contribution in [0.5, 0.6) is 0 Å². The van der Waals surface area contributed by atoms with Crippen LogP contribution in [0.1, 0.15) is 29.5 Å². The molecule has 0 saturated heterocycles. The monoisotopic (exact) mass is 279 g/mol. The smallest absolute Gasteiger partial charge is 0.322 e. The van der Waals surface area contributed by atoms with E-state index in [9.17, 15) is 9.59 Å². The van der Waals surface area contributed by atoms with E-state index in [1.807, 2.05) is 26.0 Å². The summed E-state index contributed by atoms with van der Waals surface area (Å²) in [5.41, 5.74) is 9.29. The number of nitrogens with two attached hydrogens (primary N) is 1. The van der Waals surface area contributed by atoms with Crippen LogP contribution in [-0.4, -0.2) is 29.7 Å². The third kappa shape index (κ3) is 5.40. The molecule has 0 amide bonds. The molecule has 0 aromatic heterocycles. The second-order valence-electron chi connectivity index (χ2n) is 4.88. The van der Waals surface area contributed by atoms with Gasteiger partial charge >= 0.3 is 11.9 Å². The summed E-state index contributed by atoms with van der Waals surface area (Å²) in [7, 11) is 0. The molecular formula is C15H21NO4. The normalized spacial score (nSPS) is 11.9. The van der Waals surface area contributed by atoms with Gasteiger partial charge in [-0.2, -0.15) is 0 Å². The molecule has 0 aliphatic rings. The summed E-state index contributed by atoms with van der Waals surface area (Å²) in [6.07, 6.45) is 0.973. The van der Waals surface area contributed by atoms with Crippen LogP contribution < -0.4 is 5.73 Å². The number of benzene rings is 1. The van der Waals surface area contributed by atoms with E-state index in [0.717, 1.165) is 5.56 Å². The van der Waals surface area contributed by atoms with Crippen LogP contribution in [0.25, 0.3) is 0 Å². The van der Waals surface area contributed by atoms with Gasteiger partial charge in [-0.1, -0.05) is 18.2 Å². The molecular weight excluding hydrogens is 258 g/mol. The predicted molar refractivity (Wildman–Crippen MR) is 75.4 cm³/mol. The molecule has 0 aliphatic carbocycles. The maximum absolute atomic E-state index is 11.5. The Labute approximate surface area is 118 Å². The first-order valence-corrected chi connectivity index (χ1v) is 6.60. The van der Waals surface area contributed by atoms with Crippen molar-refractivity contribution in [2.75, 3.05) is 6.61 Å². The second kappa shape index (κ2) is 7.65. The summed E-state index contributed by atoms with van der Waals surface area (Å²) in [5, 5.41) is 8.44. The maximum atomic E-state index is 11.5. The molecule has 0 saturated carbocycles. The van der Waals surface area contributed by atoms with Gasteiger partial charge in [-0.15, -0.1) is 0 Å². The van der Waals surface area contributed by atoms with Crippen molar-refractivity contribution >= 4 is 11.9 Å². The fourth-order valence-corrected chi connectivity index (χ4v) is 1.75. The van der Waals surface area contributed by atoms with Gasteiger partial charge in [0.15, 0.2) is 0 Å². The molecule has 0 unspecified atom stereocenters. The number of carbonyl (C=O) groups excluding carboxylic acids is 1. The number of hydrogen-bond acceptors (Lipinski definition) is 4. The Morgan fingerprint density at radius 1 is 1.30 bits per heavy atom. The number of aryl methyl sites for hydroxylation is 3. The molecule has 1 aromatic carbocycles. The fourth-order valence-electron chi connectivity index (χ4n) is 1.75. The number of aliphatic carboxylic acids is 1. The number of rotatable bonds is 7. The van der Waals surface area contributed by atoms with Crippen LogP contribution in [-0.2, 0) is 20.7 Å². The minimum Gasteiger partial charge on any atom is -0.481 e. The van der Waals surface area contributed by atoms with Crippen LogP contribution in [0.2, 0.25) is 0 Å². The SMILES string of the molecule is Cc1ccc(CC[C@@H](N)C(=O)OCCC(=O)O)cc1C. The Morgan fingerprint density at radius 2 is 2.00 bits per heavy atom. The van der Waals surface area contributed by atoms with Gasteiger partial charge < -0.3 is 15.6 Å². The van der Waals surface area contributed by atoms with E-state index in [1.165, 1.54) is 11.1 Å². The van der Waals surface area contributed by atoms with Gasteiger partial charge in [0.25, 0.3) is 0 Å². The lowest BCUT2D eigenvalue weighted by Gasteiger charge is -2.11. The Hall–Kier alpha value is -1.88. The third-order valence-corrected chi connectivity index (χ3v) is 3.18. The van der Waals surface area contributed by atoms with E-state index in [4.69, 9.17) is 15.6 Å². The molecule has 1 aromatic rings. The number of hydrogen-bond donors (Lipinski definition) is 2. The fraction of sp³-hybridized carbons (Fsp3) is 0.467. The van der Waals surface area contributed by atoms with Crippen LogP contribution in [0.15, 0.2) is 18.2 Å². The first-order valence-electron chi connectivity index (χ1n) is 6.60. The number of ether oxygens (including phenoxy) is 1. The lowest BCUT2D eigenvalue weighted by atomic mass is 10.0. The molecule has 0 fully saturated rings. The third-order valence-electron chi connectivity index (χ3n) is 3.18. The standard InChI is InChI=1S/C15H21NO4/c1-10-3-4-12(9-11(10)2)5-6-13(16)15(19)20-8-7-14(17)18/h3-4,9,13H,5-8,16H2,1-2H3,(H,17,18)/t13-/m1/s1. The summed E-state index contributed by atoms with van der Waals surface area (Å²) in [4.78, 5) is 21.8. The van der Waals surface area contributed by atoms with Crippen LogP contribution in [0, 0.1) is 13.8 Å². The summed E-state index contributed by atoms with van der Waals surface area (Å²) in [5.74, 6) is -1.54. The molecule has 5 heteroatoms. The zero-order valence-electron chi connectivity index (χ0n) is 11.9. The highest BCUT2D eigenvalue weighted by molar-refractivity contribution is 5.76. The molecule has 0 aliphatic heterocycles. The largest absolute Gasteiger partial charge is 0.481 e. The molecule has 1 atom stereocenters. The Bertz CT molecular complexity index is 485. The van der Waals surface area contributed by atoms with Crippen molar-refractivity contribution in [3.05, 3.63) is 34.9 Å². The predicted octanol–water partition coefficient (Wildman–Crippen LogP) is 1.58. The average molecular weight is 279 g/mol. The number of carboxylic acids is 1. The van der Waals surface area contributed by atoms with Crippen molar-refractivity contribution in [3.63, 3.8) is 0 Å². The molecule has 0 radical (unpaired) electrons. The molecule has 0 spiro atoms.